The Morgan fingerprint density at radius 2 is 1.63 bits per heavy atom. The maximum Gasteiger partial charge on any atom is 0.251 e. The van der Waals surface area contributed by atoms with Crippen LogP contribution in [0.2, 0.25) is 0 Å². The van der Waals surface area contributed by atoms with Gasteiger partial charge in [0.1, 0.15) is 28.4 Å². The van der Waals surface area contributed by atoms with E-state index < -0.39 is 28.9 Å². The predicted octanol–water partition coefficient (Wildman–Crippen LogP) is 5.88. The van der Waals surface area contributed by atoms with Gasteiger partial charge in [-0.15, -0.1) is 0 Å². The van der Waals surface area contributed by atoms with Gasteiger partial charge in [-0.05, 0) is 85.1 Å². The second-order valence-electron chi connectivity index (χ2n) is 12.7. The van der Waals surface area contributed by atoms with E-state index in [1.807, 2.05) is 24.3 Å². The summed E-state index contributed by atoms with van der Waals surface area (Å²) in [4.78, 5) is 44.3. The van der Waals surface area contributed by atoms with Gasteiger partial charge in [0, 0.05) is 35.6 Å². The minimum atomic E-state index is -1.44. The number of fused-ring (bicyclic) bond motifs is 1. The number of hydrogen-bond donors (Lipinski definition) is 3. The van der Waals surface area contributed by atoms with E-state index in [0.29, 0.717) is 40.1 Å². The van der Waals surface area contributed by atoms with Crippen molar-refractivity contribution in [1.29, 1.82) is 0 Å². The number of methoxy groups -OCH3 is 1. The fraction of sp³-hybridized carbons (Fsp3) is 0.175. The lowest BCUT2D eigenvalue weighted by atomic mass is 10.0. The number of ether oxygens (including phenoxy) is 2. The van der Waals surface area contributed by atoms with Gasteiger partial charge in [0.25, 0.3) is 5.91 Å². The molecule has 1 saturated carbocycles. The Bertz CT molecular complexity index is 2360. The minimum absolute atomic E-state index is 0.0833. The lowest BCUT2D eigenvalue weighted by molar-refractivity contribution is -0.133. The molecular weight excluding hydrogens is 698 g/mol. The summed E-state index contributed by atoms with van der Waals surface area (Å²) in [6.45, 7) is 0.239. The van der Waals surface area contributed by atoms with Gasteiger partial charge in [0.15, 0.2) is 17.2 Å². The van der Waals surface area contributed by atoms with E-state index in [4.69, 9.17) is 25.4 Å². The van der Waals surface area contributed by atoms with Crippen molar-refractivity contribution in [3.63, 3.8) is 0 Å². The van der Waals surface area contributed by atoms with Crippen molar-refractivity contribution in [2.24, 2.45) is 11.1 Å². The number of pyridine rings is 1. The van der Waals surface area contributed by atoms with Crippen molar-refractivity contribution < 1.29 is 37.7 Å². The van der Waals surface area contributed by atoms with Gasteiger partial charge in [-0.2, -0.15) is 5.10 Å². The Labute approximate surface area is 307 Å². The molecule has 0 atom stereocenters. The molecule has 54 heavy (non-hydrogen) atoms. The molecule has 3 amide bonds. The Morgan fingerprint density at radius 3 is 2.26 bits per heavy atom. The molecule has 1 aliphatic rings. The number of aromatic nitrogens is 3. The lowest BCUT2D eigenvalue weighted by Gasteiger charge is -2.26. The number of rotatable bonds is 13. The average molecular weight is 733 g/mol. The van der Waals surface area contributed by atoms with E-state index in [1.54, 1.807) is 42.1 Å². The molecule has 2 aromatic heterocycles. The summed E-state index contributed by atoms with van der Waals surface area (Å²) in [5, 5.41) is 17.1. The van der Waals surface area contributed by atoms with Gasteiger partial charge in [0.05, 0.1) is 31.3 Å². The van der Waals surface area contributed by atoms with Crippen molar-refractivity contribution in [2.45, 2.75) is 19.4 Å². The molecule has 4 N–H and O–H groups in total. The number of aliphatic hydroxyl groups excluding tert-OH is 1. The van der Waals surface area contributed by atoms with E-state index in [2.05, 4.69) is 10.3 Å². The summed E-state index contributed by atoms with van der Waals surface area (Å²) in [6, 6.07) is 24.7. The van der Waals surface area contributed by atoms with E-state index >= 15 is 4.39 Å². The Balaban J connectivity index is 1.27. The van der Waals surface area contributed by atoms with E-state index in [0.717, 1.165) is 28.7 Å². The van der Waals surface area contributed by atoms with Crippen molar-refractivity contribution in [1.82, 2.24) is 20.1 Å². The average Bonchev–Trinajstić information content (AvgIpc) is 3.93. The molecule has 0 aliphatic heterocycles. The fourth-order valence-corrected chi connectivity index (χ4v) is 6.13. The number of primary amides is 1. The molecular formula is C40H34F2N6O6. The van der Waals surface area contributed by atoms with Gasteiger partial charge in [-0.3, -0.25) is 19.3 Å². The number of halogens is 2. The van der Waals surface area contributed by atoms with Crippen LogP contribution >= 0.6 is 0 Å². The summed E-state index contributed by atoms with van der Waals surface area (Å²) >= 11 is 0. The zero-order chi connectivity index (χ0) is 38.0. The highest BCUT2D eigenvalue weighted by Crippen LogP contribution is 2.49. The third-order valence-corrected chi connectivity index (χ3v) is 9.22. The van der Waals surface area contributed by atoms with Crippen molar-refractivity contribution in [2.75, 3.05) is 25.2 Å². The van der Waals surface area contributed by atoms with E-state index in [-0.39, 0.29) is 54.8 Å². The zero-order valence-electron chi connectivity index (χ0n) is 29.0. The highest BCUT2D eigenvalue weighted by molar-refractivity contribution is 6.16. The first-order valence-electron chi connectivity index (χ1n) is 17.0. The first kappa shape index (κ1) is 35.7. The van der Waals surface area contributed by atoms with E-state index in [9.17, 15) is 18.8 Å². The quantitative estimate of drug-likeness (QED) is 0.124. The van der Waals surface area contributed by atoms with Crippen molar-refractivity contribution in [3.05, 3.63) is 126 Å². The molecule has 7 rings (SSSR count). The normalized spacial score (nSPS) is 13.0. The predicted molar refractivity (Wildman–Crippen MR) is 195 cm³/mol. The lowest BCUT2D eigenvalue weighted by Crippen LogP contribution is -2.41. The molecule has 6 aromatic rings. The third kappa shape index (κ3) is 6.94. The highest BCUT2D eigenvalue weighted by atomic mass is 19.1. The topological polar surface area (TPSA) is 162 Å². The van der Waals surface area contributed by atoms with Gasteiger partial charge >= 0.3 is 0 Å². The maximum atomic E-state index is 16.1. The molecule has 274 valence electrons. The second-order valence-corrected chi connectivity index (χ2v) is 12.7. The maximum absolute atomic E-state index is 16.1. The van der Waals surface area contributed by atoms with Crippen LogP contribution in [-0.2, 0) is 16.1 Å². The first-order valence-corrected chi connectivity index (χ1v) is 17.0. The van der Waals surface area contributed by atoms with Crippen molar-refractivity contribution >= 4 is 40.1 Å². The molecule has 0 unspecified atom stereocenters. The second kappa shape index (κ2) is 14.8. The smallest absolute Gasteiger partial charge is 0.251 e. The van der Waals surface area contributed by atoms with Gasteiger partial charge in [-0.1, -0.05) is 24.3 Å². The standard InChI is InChI=1S/C40H34F2N6O6/c1-53-30-13-2-24(3-14-30)23-47-36-34(35(46-47)25-4-6-26(7-5-25)37(50)45-20-21-49)33(16-19-44-36)54-32-15-12-29(22-31(32)42)48(28-10-8-27(41)9-11-28)39(52)40(17-18-40)38(43)51/h2-16,19,22,49H,17-18,20-21,23H2,1H3,(H2,43,51)(H,45,50). The molecule has 0 bridgehead atoms. The first-order chi connectivity index (χ1) is 26.1. The number of benzene rings is 4. The monoisotopic (exact) mass is 732 g/mol. The van der Waals surface area contributed by atoms with Crippen molar-refractivity contribution in [3.8, 4) is 28.5 Å². The molecule has 4 aromatic carbocycles. The number of anilines is 2. The highest BCUT2D eigenvalue weighted by Gasteiger charge is 2.57. The van der Waals surface area contributed by atoms with Crippen LogP contribution in [0.1, 0.15) is 28.8 Å². The van der Waals surface area contributed by atoms with Gasteiger partial charge in [-0.25, -0.2) is 18.4 Å². The number of nitrogens with one attached hydrogen (secondary N) is 1. The summed E-state index contributed by atoms with van der Waals surface area (Å²) in [6.07, 6.45) is 2.01. The van der Waals surface area contributed by atoms with Gasteiger partial charge in [0.2, 0.25) is 11.8 Å². The van der Waals surface area contributed by atoms with Gasteiger partial charge < -0.3 is 25.6 Å². The summed E-state index contributed by atoms with van der Waals surface area (Å²) < 4.78 is 43.1. The molecule has 2 heterocycles. The SMILES string of the molecule is COc1ccc(Cn2nc(-c3ccc(C(=O)NCCO)cc3)c3c(Oc4ccc(N(C(=O)C5(C(N)=O)CC5)c5ccc(F)cc5)cc4F)ccnc32)cc1. The number of carbonyl (C=O) groups is 3. The number of aliphatic hydroxyl groups is 1. The fourth-order valence-electron chi connectivity index (χ4n) is 6.13. The van der Waals surface area contributed by atoms with Crippen LogP contribution in [0.3, 0.4) is 0 Å². The Morgan fingerprint density at radius 1 is 0.926 bits per heavy atom. The van der Waals surface area contributed by atoms with Crippen LogP contribution in [0.15, 0.2) is 103 Å². The number of hydrogen-bond acceptors (Lipinski definition) is 8. The van der Waals surface area contributed by atoms with Crippen LogP contribution in [0.5, 0.6) is 17.2 Å². The molecule has 1 aliphatic carbocycles. The molecule has 12 nitrogen and oxygen atoms in total. The zero-order valence-corrected chi connectivity index (χ0v) is 29.0. The molecule has 1 fully saturated rings. The number of nitrogens with two attached hydrogens (primary N) is 1. The van der Waals surface area contributed by atoms with Crippen LogP contribution in [0, 0.1) is 17.0 Å². The molecule has 0 radical (unpaired) electrons. The summed E-state index contributed by atoms with van der Waals surface area (Å²) in [5.74, 6) is -2.40. The number of nitrogens with zero attached hydrogens (tertiary/aromatic N) is 4. The third-order valence-electron chi connectivity index (χ3n) is 9.22. The summed E-state index contributed by atoms with van der Waals surface area (Å²) in [7, 11) is 1.58. The number of carbonyl (C=O) groups excluding carboxylic acids is 3. The Hall–Kier alpha value is -6.67. The van der Waals surface area contributed by atoms with Crippen LogP contribution in [0.25, 0.3) is 22.3 Å². The molecule has 14 heteroatoms. The van der Waals surface area contributed by atoms with Crippen LogP contribution in [-0.4, -0.2) is 57.9 Å². The van der Waals surface area contributed by atoms with E-state index in [1.165, 1.54) is 30.5 Å². The number of amides is 3. The minimum Gasteiger partial charge on any atom is -0.497 e. The van der Waals surface area contributed by atoms with Crippen LogP contribution < -0.4 is 25.4 Å². The molecule has 0 spiro atoms. The van der Waals surface area contributed by atoms with Crippen LogP contribution in [0.4, 0.5) is 20.2 Å². The Kier molecular flexibility index (Phi) is 9.76. The summed E-state index contributed by atoms with van der Waals surface area (Å²) in [5.41, 5.74) is 7.27. The largest absolute Gasteiger partial charge is 0.497 e. The molecule has 0 saturated heterocycles.